The Labute approximate surface area is 216 Å². The molecule has 0 aromatic carbocycles. The Morgan fingerprint density at radius 1 is 1.41 bits per heavy atom. The van der Waals surface area contributed by atoms with E-state index in [-0.39, 0.29) is 12.2 Å². The second kappa shape index (κ2) is 9.45. The number of thioether (sulfide) groups is 1. The van der Waals surface area contributed by atoms with E-state index in [2.05, 4.69) is 25.2 Å². The van der Waals surface area contributed by atoms with E-state index in [1.54, 1.807) is 40.3 Å². The summed E-state index contributed by atoms with van der Waals surface area (Å²) in [5, 5.41) is 22.1. The molecule has 5 rings (SSSR count). The fourth-order valence-electron chi connectivity index (χ4n) is 4.15. The molecule has 2 aromatic rings. The zero-order valence-electron chi connectivity index (χ0n) is 18.9. The van der Waals surface area contributed by atoms with Gasteiger partial charge in [0.2, 0.25) is 5.82 Å². The zero-order valence-corrected chi connectivity index (χ0v) is 20.5. The molecular formula is C19H19FN10O5S2. The van der Waals surface area contributed by atoms with Crippen molar-refractivity contribution in [1.29, 1.82) is 0 Å². The second-order valence-corrected chi connectivity index (χ2v) is 9.93. The number of anilines is 1. The van der Waals surface area contributed by atoms with Crippen molar-refractivity contribution in [3.63, 3.8) is 0 Å². The summed E-state index contributed by atoms with van der Waals surface area (Å²) in [6, 6.07) is 2.07. The fraction of sp³-hybridized carbons (Fsp3) is 0.263. The van der Waals surface area contributed by atoms with Crippen molar-refractivity contribution < 1.29 is 33.3 Å². The number of carbonyl (C=O) groups is 3. The lowest BCUT2D eigenvalue weighted by Gasteiger charge is -2.53. The number of fused-ring (bicyclic) bond motifs is 2. The van der Waals surface area contributed by atoms with Crippen LogP contribution in [0.4, 0.5) is 10.2 Å². The number of hydrogen-bond acceptors (Lipinski definition) is 13. The Balaban J connectivity index is 1.56. The first-order valence-corrected chi connectivity index (χ1v) is 12.3. The lowest BCUT2D eigenvalue weighted by molar-refractivity contribution is -0.666. The minimum absolute atomic E-state index is 0.00962. The molecule has 18 heteroatoms. The Hall–Kier alpha value is -4.03. The number of hydrazine groups is 1. The van der Waals surface area contributed by atoms with Gasteiger partial charge in [0.05, 0.1) is 30.1 Å². The summed E-state index contributed by atoms with van der Waals surface area (Å²) in [4.78, 5) is 45.8. The molecular weight excluding hydrogens is 531 g/mol. The van der Waals surface area contributed by atoms with Crippen LogP contribution in [0.1, 0.15) is 0 Å². The predicted octanol–water partition coefficient (Wildman–Crippen LogP) is -2.91. The maximum atomic E-state index is 13.8. The molecule has 2 amide bonds. The predicted molar refractivity (Wildman–Crippen MR) is 126 cm³/mol. The zero-order chi connectivity index (χ0) is 26.4. The monoisotopic (exact) mass is 550 g/mol. The van der Waals surface area contributed by atoms with Crippen molar-refractivity contribution in [2.24, 2.45) is 10.9 Å². The van der Waals surface area contributed by atoms with Crippen LogP contribution < -0.4 is 31.3 Å². The van der Waals surface area contributed by atoms with Crippen LogP contribution in [0.3, 0.4) is 0 Å². The quantitative estimate of drug-likeness (QED) is 0.0902. The topological polar surface area (TPSA) is 200 Å². The van der Waals surface area contributed by atoms with Gasteiger partial charge in [0.1, 0.15) is 35.5 Å². The summed E-state index contributed by atoms with van der Waals surface area (Å²) >= 11 is 2.27. The SMILES string of the molecule is CON=C(F)C(=O)NC1C(=O)N2C(C(=O)[O-])=C(C[n+]3ccc(N)n4nccc43)C(N3C=C(N)SN3)S[C@@H]12. The number of nitrogens with zero attached hydrogens (tertiary/aromatic N) is 6. The maximum absolute atomic E-state index is 13.8. The highest BCUT2D eigenvalue weighted by Crippen LogP contribution is 2.46. The van der Waals surface area contributed by atoms with E-state index in [1.807, 2.05) is 0 Å². The van der Waals surface area contributed by atoms with Crippen LogP contribution in [0.2, 0.25) is 0 Å². The molecule has 5 heterocycles. The third-order valence-electron chi connectivity index (χ3n) is 5.71. The van der Waals surface area contributed by atoms with Crippen molar-refractivity contribution in [1.82, 2.24) is 29.7 Å². The summed E-state index contributed by atoms with van der Waals surface area (Å²) in [6.07, 6.45) is 4.78. The number of hydrogen-bond donors (Lipinski definition) is 4. The van der Waals surface area contributed by atoms with Crippen molar-refractivity contribution in [2.45, 2.75) is 23.3 Å². The van der Waals surface area contributed by atoms with Crippen LogP contribution in [0.5, 0.6) is 0 Å². The number of aromatic nitrogens is 3. The third-order valence-corrected chi connectivity index (χ3v) is 7.88. The van der Waals surface area contributed by atoms with Crippen molar-refractivity contribution in [2.75, 3.05) is 12.8 Å². The van der Waals surface area contributed by atoms with Crippen molar-refractivity contribution in [3.8, 4) is 0 Å². The summed E-state index contributed by atoms with van der Waals surface area (Å²) in [6.45, 7) is 0.00962. The van der Waals surface area contributed by atoms with Gasteiger partial charge in [-0.3, -0.25) is 19.5 Å². The van der Waals surface area contributed by atoms with Gasteiger partial charge >= 0.3 is 17.5 Å². The molecule has 3 aliphatic rings. The van der Waals surface area contributed by atoms with E-state index in [0.29, 0.717) is 22.1 Å². The van der Waals surface area contributed by atoms with Crippen LogP contribution in [0.15, 0.2) is 52.2 Å². The number of oxime groups is 1. The number of β-lactam (4-membered cyclic amide) rings is 1. The first-order chi connectivity index (χ1) is 17.7. The summed E-state index contributed by atoms with van der Waals surface area (Å²) in [5.74, 6) is -4.74. The molecule has 1 fully saturated rings. The van der Waals surface area contributed by atoms with E-state index in [1.165, 1.54) is 4.52 Å². The Morgan fingerprint density at radius 3 is 2.86 bits per heavy atom. The molecule has 0 bridgehead atoms. The largest absolute Gasteiger partial charge is 0.543 e. The van der Waals surface area contributed by atoms with Gasteiger partial charge in [-0.15, -0.1) is 11.8 Å². The number of rotatable bonds is 7. The molecule has 2 aromatic heterocycles. The van der Waals surface area contributed by atoms with Gasteiger partial charge in [-0.25, -0.2) is 4.57 Å². The molecule has 0 radical (unpaired) electrons. The van der Waals surface area contributed by atoms with Gasteiger partial charge in [-0.05, 0) is 17.1 Å². The van der Waals surface area contributed by atoms with Gasteiger partial charge in [0.25, 0.3) is 5.91 Å². The number of nitrogens with one attached hydrogen (secondary N) is 2. The van der Waals surface area contributed by atoms with Gasteiger partial charge in [0, 0.05) is 17.8 Å². The highest BCUT2D eigenvalue weighted by atomic mass is 32.2. The molecule has 3 aliphatic heterocycles. The van der Waals surface area contributed by atoms with Crippen LogP contribution in [-0.4, -0.2) is 67.2 Å². The van der Waals surface area contributed by atoms with Gasteiger partial charge < -0.3 is 31.5 Å². The number of nitrogens with two attached hydrogens (primary N) is 2. The van der Waals surface area contributed by atoms with Crippen LogP contribution in [0.25, 0.3) is 5.65 Å². The van der Waals surface area contributed by atoms with E-state index < -0.39 is 40.5 Å². The van der Waals surface area contributed by atoms with Gasteiger partial charge in [-0.2, -0.15) is 9.22 Å². The lowest BCUT2D eigenvalue weighted by Crippen LogP contribution is -2.73. The maximum Gasteiger partial charge on any atom is 0.313 e. The van der Waals surface area contributed by atoms with Crippen molar-refractivity contribution >= 4 is 58.9 Å². The molecule has 37 heavy (non-hydrogen) atoms. The number of carbonyl (C=O) groups excluding carboxylic acids is 3. The summed E-state index contributed by atoms with van der Waals surface area (Å²) in [5.41, 5.74) is 12.4. The molecule has 194 valence electrons. The number of nitrogen functional groups attached to an aromatic ring is 1. The lowest BCUT2D eigenvalue weighted by atomic mass is 10.0. The molecule has 0 saturated carbocycles. The minimum atomic E-state index is -1.60. The number of carboxylic acid groups (broad SMARTS) is 1. The average Bonchev–Trinajstić information content (AvgIpc) is 3.53. The van der Waals surface area contributed by atoms with E-state index in [9.17, 15) is 23.9 Å². The van der Waals surface area contributed by atoms with Crippen LogP contribution >= 0.6 is 23.7 Å². The highest BCUT2D eigenvalue weighted by molar-refractivity contribution is 8.02. The number of carboxylic acids is 1. The first-order valence-electron chi connectivity index (χ1n) is 10.5. The molecule has 2 unspecified atom stereocenters. The Morgan fingerprint density at radius 2 is 2.19 bits per heavy atom. The first kappa shape index (κ1) is 24.7. The van der Waals surface area contributed by atoms with Gasteiger partial charge in [0.15, 0.2) is 0 Å². The Bertz CT molecular complexity index is 1410. The third kappa shape index (κ3) is 4.17. The molecule has 15 nitrogen and oxygen atoms in total. The molecule has 0 aliphatic carbocycles. The fourth-order valence-corrected chi connectivity index (χ4v) is 6.29. The Kier molecular flexibility index (Phi) is 6.30. The van der Waals surface area contributed by atoms with Crippen molar-refractivity contribution in [3.05, 3.63) is 47.0 Å². The van der Waals surface area contributed by atoms with E-state index in [0.717, 1.165) is 35.7 Å². The normalized spacial score (nSPS) is 23.6. The number of amides is 2. The molecule has 0 spiro atoms. The van der Waals surface area contributed by atoms with E-state index >= 15 is 0 Å². The molecule has 1 saturated heterocycles. The van der Waals surface area contributed by atoms with Gasteiger partial charge in [-0.1, -0.05) is 9.61 Å². The molecule has 6 N–H and O–H groups in total. The van der Waals surface area contributed by atoms with Crippen LogP contribution in [0, 0.1) is 0 Å². The smallest absolute Gasteiger partial charge is 0.313 e. The molecule has 3 atom stereocenters. The number of aliphatic carboxylic acids is 1. The summed E-state index contributed by atoms with van der Waals surface area (Å²) in [7, 11) is 1.06. The van der Waals surface area contributed by atoms with Crippen LogP contribution in [-0.2, 0) is 25.8 Å². The number of halogens is 1. The minimum Gasteiger partial charge on any atom is -0.543 e. The highest BCUT2D eigenvalue weighted by Gasteiger charge is 2.56. The second-order valence-electron chi connectivity index (χ2n) is 7.87. The summed E-state index contributed by atoms with van der Waals surface area (Å²) < 4.78 is 17.0. The average molecular weight is 551 g/mol. The standard InChI is InChI=1S/C19H19FN10O5S2/c1-35-25-14(20)15(31)24-12-16(32)29-13(19(33)34)8(17(36-18(12)29)28-7-10(22)37-26-28)6-27-5-3-9(21)30-11(27)2-4-23-30/h2-5,7,12,17-18,21,26H,6,22H2,1H3,(H2,24,31,33,34)/t12?,17?,18-/m0/s1. The van der Waals surface area contributed by atoms with E-state index in [4.69, 9.17) is 11.5 Å².